The Balaban J connectivity index is 2.62. The van der Waals surface area contributed by atoms with Crippen molar-refractivity contribution in [2.45, 2.75) is 19.5 Å². The summed E-state index contributed by atoms with van der Waals surface area (Å²) in [6.07, 6.45) is -3.98. The van der Waals surface area contributed by atoms with Crippen LogP contribution in [0.1, 0.15) is 18.9 Å². The lowest BCUT2D eigenvalue weighted by Gasteiger charge is -2.12. The molecule has 1 aromatic carbocycles. The van der Waals surface area contributed by atoms with Gasteiger partial charge in [-0.1, -0.05) is 6.92 Å². The van der Waals surface area contributed by atoms with Crippen molar-refractivity contribution in [2.75, 3.05) is 6.61 Å². The molecule has 1 N–H and O–H groups in total. The number of hydrogen-bond acceptors (Lipinski definition) is 2. The van der Waals surface area contributed by atoms with Crippen molar-refractivity contribution in [1.82, 2.24) is 0 Å². The number of rotatable bonds is 5. The summed E-state index contributed by atoms with van der Waals surface area (Å²) in [4.78, 5) is 10.7. The standard InChI is InChI=1S/C12H13F3O3/c1-2-8(11(16)17)7-18-10-5-3-9(4-6-10)12(13,14)15/h3-6,8H,2,7H2,1H3,(H,16,17). The van der Waals surface area contributed by atoms with E-state index in [1.54, 1.807) is 6.92 Å². The summed E-state index contributed by atoms with van der Waals surface area (Å²) in [6.45, 7) is 1.64. The van der Waals surface area contributed by atoms with Gasteiger partial charge in [-0.25, -0.2) is 0 Å². The van der Waals surface area contributed by atoms with Crippen LogP contribution < -0.4 is 4.74 Å². The Morgan fingerprint density at radius 2 is 1.89 bits per heavy atom. The van der Waals surface area contributed by atoms with Crippen molar-refractivity contribution in [1.29, 1.82) is 0 Å². The van der Waals surface area contributed by atoms with E-state index in [-0.39, 0.29) is 12.4 Å². The molecule has 1 aromatic rings. The molecule has 0 aliphatic heterocycles. The van der Waals surface area contributed by atoms with E-state index in [2.05, 4.69) is 0 Å². The summed E-state index contributed by atoms with van der Waals surface area (Å²) in [7, 11) is 0. The van der Waals surface area contributed by atoms with E-state index in [4.69, 9.17) is 9.84 Å². The first kappa shape index (κ1) is 14.3. The molecule has 1 unspecified atom stereocenters. The Hall–Kier alpha value is -1.72. The minimum absolute atomic E-state index is 0.0583. The number of carboxylic acids is 1. The second-order valence-corrected chi connectivity index (χ2v) is 3.78. The molecule has 0 heterocycles. The van der Waals surface area contributed by atoms with Gasteiger partial charge in [-0.3, -0.25) is 4.79 Å². The molecule has 0 aliphatic carbocycles. The van der Waals surface area contributed by atoms with Gasteiger partial charge in [0.25, 0.3) is 0 Å². The number of hydrogen-bond donors (Lipinski definition) is 1. The van der Waals surface area contributed by atoms with E-state index in [0.29, 0.717) is 6.42 Å². The SMILES string of the molecule is CCC(COc1ccc(C(F)(F)F)cc1)C(=O)O. The predicted molar refractivity (Wildman–Crippen MR) is 58.4 cm³/mol. The molecule has 0 fully saturated rings. The highest BCUT2D eigenvalue weighted by atomic mass is 19.4. The molecule has 0 amide bonds. The molecule has 0 radical (unpaired) electrons. The van der Waals surface area contributed by atoms with Gasteiger partial charge in [-0.05, 0) is 30.7 Å². The van der Waals surface area contributed by atoms with Crippen molar-refractivity contribution in [3.63, 3.8) is 0 Å². The monoisotopic (exact) mass is 262 g/mol. The normalized spacial score (nSPS) is 13.1. The molecule has 6 heteroatoms. The van der Waals surface area contributed by atoms with Crippen LogP contribution >= 0.6 is 0 Å². The van der Waals surface area contributed by atoms with Crippen LogP contribution in [0, 0.1) is 5.92 Å². The van der Waals surface area contributed by atoms with Gasteiger partial charge >= 0.3 is 12.1 Å². The molecular formula is C12H13F3O3. The predicted octanol–water partition coefficient (Wildman–Crippen LogP) is 3.20. The summed E-state index contributed by atoms with van der Waals surface area (Å²) in [5, 5.41) is 8.77. The molecule has 3 nitrogen and oxygen atoms in total. The smallest absolute Gasteiger partial charge is 0.416 e. The van der Waals surface area contributed by atoms with Gasteiger partial charge < -0.3 is 9.84 Å². The highest BCUT2D eigenvalue weighted by molar-refractivity contribution is 5.70. The summed E-state index contributed by atoms with van der Waals surface area (Å²) in [5.74, 6) is -1.42. The molecule has 0 aromatic heterocycles. The number of carbonyl (C=O) groups is 1. The second-order valence-electron chi connectivity index (χ2n) is 3.78. The minimum atomic E-state index is -4.38. The molecule has 0 spiro atoms. The lowest BCUT2D eigenvalue weighted by molar-refractivity contribution is -0.142. The van der Waals surface area contributed by atoms with Gasteiger partial charge in [-0.2, -0.15) is 13.2 Å². The average molecular weight is 262 g/mol. The molecule has 0 bridgehead atoms. The number of aliphatic carboxylic acids is 1. The van der Waals surface area contributed by atoms with Crippen LogP contribution in [0.3, 0.4) is 0 Å². The van der Waals surface area contributed by atoms with E-state index in [9.17, 15) is 18.0 Å². The zero-order chi connectivity index (χ0) is 13.8. The van der Waals surface area contributed by atoms with Gasteiger partial charge in [0.1, 0.15) is 12.4 Å². The maximum atomic E-state index is 12.3. The fourth-order valence-corrected chi connectivity index (χ4v) is 1.30. The third kappa shape index (κ3) is 3.94. The first-order chi connectivity index (χ1) is 8.34. The molecule has 0 saturated carbocycles. The summed E-state index contributed by atoms with van der Waals surface area (Å²) in [5.41, 5.74) is -0.764. The van der Waals surface area contributed by atoms with Crippen molar-refractivity contribution in [3.05, 3.63) is 29.8 Å². The van der Waals surface area contributed by atoms with Crippen LogP contribution in [0.2, 0.25) is 0 Å². The van der Waals surface area contributed by atoms with Crippen LogP contribution in [-0.2, 0) is 11.0 Å². The Labute approximate surface area is 102 Å². The molecule has 0 aliphatic rings. The Kier molecular flexibility index (Phi) is 4.58. The average Bonchev–Trinajstić information content (AvgIpc) is 2.29. The maximum Gasteiger partial charge on any atom is 0.416 e. The lowest BCUT2D eigenvalue weighted by atomic mass is 10.1. The minimum Gasteiger partial charge on any atom is -0.493 e. The number of carboxylic acid groups (broad SMARTS) is 1. The highest BCUT2D eigenvalue weighted by Crippen LogP contribution is 2.30. The molecule has 100 valence electrons. The van der Waals surface area contributed by atoms with Crippen molar-refractivity contribution >= 4 is 5.97 Å². The maximum absolute atomic E-state index is 12.3. The number of benzene rings is 1. The Bertz CT molecular complexity index is 398. The topological polar surface area (TPSA) is 46.5 Å². The fraction of sp³-hybridized carbons (Fsp3) is 0.417. The van der Waals surface area contributed by atoms with Gasteiger partial charge in [0, 0.05) is 0 Å². The zero-order valence-corrected chi connectivity index (χ0v) is 9.70. The van der Waals surface area contributed by atoms with Crippen molar-refractivity contribution < 1.29 is 27.8 Å². The van der Waals surface area contributed by atoms with Crippen molar-refractivity contribution in [2.24, 2.45) is 5.92 Å². The second kappa shape index (κ2) is 5.75. The quantitative estimate of drug-likeness (QED) is 0.886. The third-order valence-corrected chi connectivity index (χ3v) is 2.47. The lowest BCUT2D eigenvalue weighted by Crippen LogP contribution is -2.20. The van der Waals surface area contributed by atoms with Crippen molar-refractivity contribution in [3.8, 4) is 5.75 Å². The molecule has 1 rings (SSSR count). The van der Waals surface area contributed by atoms with Gasteiger partial charge in [0.15, 0.2) is 0 Å². The number of halogens is 3. The first-order valence-corrected chi connectivity index (χ1v) is 5.37. The molecule has 1 atom stereocenters. The molecule has 0 saturated heterocycles. The first-order valence-electron chi connectivity index (χ1n) is 5.37. The number of alkyl halides is 3. The van der Waals surface area contributed by atoms with Crippen LogP contribution in [0.4, 0.5) is 13.2 Å². The summed E-state index contributed by atoms with van der Waals surface area (Å²) < 4.78 is 42.0. The summed E-state index contributed by atoms with van der Waals surface area (Å²) in [6, 6.07) is 4.16. The van der Waals surface area contributed by atoms with Gasteiger partial charge in [0.05, 0.1) is 11.5 Å². The van der Waals surface area contributed by atoms with Crippen LogP contribution in [0.25, 0.3) is 0 Å². The van der Waals surface area contributed by atoms with E-state index < -0.39 is 23.6 Å². The van der Waals surface area contributed by atoms with Crippen LogP contribution in [-0.4, -0.2) is 17.7 Å². The molecular weight excluding hydrogens is 249 g/mol. The Morgan fingerprint density at radius 3 is 2.28 bits per heavy atom. The van der Waals surface area contributed by atoms with Crippen LogP contribution in [0.15, 0.2) is 24.3 Å². The van der Waals surface area contributed by atoms with E-state index in [1.165, 1.54) is 12.1 Å². The van der Waals surface area contributed by atoms with Crippen LogP contribution in [0.5, 0.6) is 5.75 Å². The Morgan fingerprint density at radius 1 is 1.33 bits per heavy atom. The fourth-order valence-electron chi connectivity index (χ4n) is 1.30. The molecule has 18 heavy (non-hydrogen) atoms. The highest BCUT2D eigenvalue weighted by Gasteiger charge is 2.30. The van der Waals surface area contributed by atoms with E-state index in [1.807, 2.05) is 0 Å². The summed E-state index contributed by atoms with van der Waals surface area (Å²) >= 11 is 0. The van der Waals surface area contributed by atoms with E-state index >= 15 is 0 Å². The zero-order valence-electron chi connectivity index (χ0n) is 9.70. The van der Waals surface area contributed by atoms with E-state index in [0.717, 1.165) is 12.1 Å². The van der Waals surface area contributed by atoms with Gasteiger partial charge in [0.2, 0.25) is 0 Å². The third-order valence-electron chi connectivity index (χ3n) is 2.47. The van der Waals surface area contributed by atoms with Gasteiger partial charge in [-0.15, -0.1) is 0 Å². The number of ether oxygens (including phenoxy) is 1. The largest absolute Gasteiger partial charge is 0.493 e.